The van der Waals surface area contributed by atoms with Gasteiger partial charge in [-0.2, -0.15) is 0 Å². The first-order valence-corrected chi connectivity index (χ1v) is 18.8. The van der Waals surface area contributed by atoms with Crippen LogP contribution in [-0.2, 0) is 0 Å². The lowest BCUT2D eigenvalue weighted by atomic mass is 9.88. The fourth-order valence-corrected chi connectivity index (χ4v) is 8.73. The molecule has 0 N–H and O–H groups in total. The van der Waals surface area contributed by atoms with E-state index >= 15 is 0 Å². The van der Waals surface area contributed by atoms with Gasteiger partial charge in [0.1, 0.15) is 5.76 Å². The van der Waals surface area contributed by atoms with Crippen molar-refractivity contribution >= 4 is 60.2 Å². The van der Waals surface area contributed by atoms with Crippen molar-refractivity contribution < 1.29 is 4.74 Å². The summed E-state index contributed by atoms with van der Waals surface area (Å²) >= 11 is 0. The van der Waals surface area contributed by atoms with Gasteiger partial charge < -0.3 is 9.64 Å². The van der Waals surface area contributed by atoms with Crippen LogP contribution in [0.3, 0.4) is 0 Å². The Bertz CT molecular complexity index is 2970. The molecule has 0 saturated carbocycles. The topological polar surface area (TPSA) is 12.5 Å². The average Bonchev–Trinajstić information content (AvgIpc) is 3.64. The van der Waals surface area contributed by atoms with Crippen LogP contribution < -0.4 is 9.64 Å². The average molecular weight is 690 g/mol. The molecule has 1 aliphatic heterocycles. The van der Waals surface area contributed by atoms with Gasteiger partial charge in [-0.05, 0) is 114 Å². The Morgan fingerprint density at radius 1 is 0.463 bits per heavy atom. The third-order valence-electron chi connectivity index (χ3n) is 11.4. The van der Waals surface area contributed by atoms with Crippen LogP contribution in [0.4, 0.5) is 17.1 Å². The molecule has 0 radical (unpaired) electrons. The van der Waals surface area contributed by atoms with Crippen molar-refractivity contribution in [1.29, 1.82) is 0 Å². The third-order valence-corrected chi connectivity index (χ3v) is 11.4. The minimum atomic E-state index is 0.211. The molecule has 11 rings (SSSR count). The fourth-order valence-electron chi connectivity index (χ4n) is 8.73. The van der Waals surface area contributed by atoms with Crippen LogP contribution >= 0.6 is 0 Å². The number of anilines is 3. The first kappa shape index (κ1) is 30.7. The molecule has 0 aromatic heterocycles. The predicted molar refractivity (Wildman–Crippen MR) is 227 cm³/mol. The minimum Gasteiger partial charge on any atom is -0.459 e. The molecule has 1 atom stereocenters. The highest BCUT2D eigenvalue weighted by Crippen LogP contribution is 2.55. The number of benzene rings is 9. The van der Waals surface area contributed by atoms with Crippen LogP contribution in [-0.4, -0.2) is 0 Å². The minimum absolute atomic E-state index is 0.211. The van der Waals surface area contributed by atoms with Gasteiger partial charge in [0.25, 0.3) is 0 Å². The van der Waals surface area contributed by atoms with Gasteiger partial charge in [-0.3, -0.25) is 0 Å². The fraction of sp³-hybridized carbons (Fsp3) is 0.0385. The molecular weight excluding hydrogens is 655 g/mol. The number of ether oxygens (including phenoxy) is 1. The Balaban J connectivity index is 1.05. The van der Waals surface area contributed by atoms with Crippen molar-refractivity contribution in [3.63, 3.8) is 0 Å². The zero-order valence-electron chi connectivity index (χ0n) is 29.6. The van der Waals surface area contributed by atoms with Crippen molar-refractivity contribution in [2.75, 3.05) is 4.90 Å². The molecular formula is C52H35NO. The highest BCUT2D eigenvalue weighted by atomic mass is 16.5. The number of nitrogens with zero attached hydrogens (tertiary/aromatic N) is 1. The summed E-state index contributed by atoms with van der Waals surface area (Å²) in [6.45, 7) is 0. The monoisotopic (exact) mass is 689 g/mol. The first-order chi connectivity index (χ1) is 26.8. The van der Waals surface area contributed by atoms with Crippen molar-refractivity contribution in [1.82, 2.24) is 0 Å². The van der Waals surface area contributed by atoms with Crippen molar-refractivity contribution in [3.05, 3.63) is 205 Å². The summed E-state index contributed by atoms with van der Waals surface area (Å²) in [4.78, 5) is 2.37. The zero-order valence-corrected chi connectivity index (χ0v) is 29.6. The highest BCUT2D eigenvalue weighted by molar-refractivity contribution is 6.20. The number of hydrogen-bond donors (Lipinski definition) is 0. The lowest BCUT2D eigenvalue weighted by Crippen LogP contribution is -2.11. The van der Waals surface area contributed by atoms with Crippen LogP contribution in [0, 0.1) is 0 Å². The van der Waals surface area contributed by atoms with Crippen LogP contribution in [0.25, 0.3) is 65.3 Å². The second kappa shape index (κ2) is 12.4. The Labute approximate surface area is 314 Å². The largest absolute Gasteiger partial charge is 0.459 e. The molecule has 0 fully saturated rings. The molecule has 54 heavy (non-hydrogen) atoms. The van der Waals surface area contributed by atoms with E-state index < -0.39 is 0 Å². The Morgan fingerprint density at radius 2 is 1.04 bits per heavy atom. The van der Waals surface area contributed by atoms with Crippen molar-refractivity contribution in [2.24, 2.45) is 0 Å². The summed E-state index contributed by atoms with van der Waals surface area (Å²) in [7, 11) is 0. The van der Waals surface area contributed by atoms with E-state index in [4.69, 9.17) is 4.74 Å². The molecule has 0 bridgehead atoms. The van der Waals surface area contributed by atoms with E-state index in [0.717, 1.165) is 35.0 Å². The summed E-state index contributed by atoms with van der Waals surface area (Å²) in [5, 5.41) is 10.2. The summed E-state index contributed by atoms with van der Waals surface area (Å²) in [6.07, 6.45) is 7.44. The van der Waals surface area contributed by atoms with Gasteiger partial charge in [-0.1, -0.05) is 152 Å². The summed E-state index contributed by atoms with van der Waals surface area (Å²) < 4.78 is 6.83. The summed E-state index contributed by atoms with van der Waals surface area (Å²) in [5.41, 5.74) is 9.25. The van der Waals surface area contributed by atoms with Gasteiger partial charge in [0.2, 0.25) is 0 Å². The molecule has 2 aliphatic rings. The van der Waals surface area contributed by atoms with E-state index in [1.165, 1.54) is 70.9 Å². The van der Waals surface area contributed by atoms with Gasteiger partial charge >= 0.3 is 0 Å². The number of rotatable bonds is 5. The lowest BCUT2D eigenvalue weighted by molar-refractivity contribution is 0.426. The molecule has 2 nitrogen and oxygen atoms in total. The van der Waals surface area contributed by atoms with Gasteiger partial charge in [0.05, 0.1) is 5.69 Å². The second-order valence-corrected chi connectivity index (χ2v) is 14.4. The van der Waals surface area contributed by atoms with Crippen molar-refractivity contribution in [2.45, 2.75) is 12.3 Å². The summed E-state index contributed by atoms with van der Waals surface area (Å²) in [5.74, 6) is 2.18. The van der Waals surface area contributed by atoms with E-state index in [1.807, 2.05) is 0 Å². The lowest BCUT2D eigenvalue weighted by Gasteiger charge is -2.28. The van der Waals surface area contributed by atoms with Crippen LogP contribution in [0.15, 0.2) is 200 Å². The van der Waals surface area contributed by atoms with E-state index in [2.05, 4.69) is 199 Å². The number of fused-ring (bicyclic) bond motifs is 10. The molecule has 9 aromatic rings. The predicted octanol–water partition coefficient (Wildman–Crippen LogP) is 14.4. The molecule has 1 aliphatic carbocycles. The van der Waals surface area contributed by atoms with Gasteiger partial charge in [-0.25, -0.2) is 0 Å². The molecule has 0 amide bonds. The maximum Gasteiger partial charge on any atom is 0.155 e. The molecule has 1 unspecified atom stereocenters. The Hall–Kier alpha value is -6.90. The highest BCUT2D eigenvalue weighted by Gasteiger charge is 2.35. The van der Waals surface area contributed by atoms with Crippen LogP contribution in [0.1, 0.15) is 17.9 Å². The quantitative estimate of drug-likeness (QED) is 0.167. The smallest absolute Gasteiger partial charge is 0.155 e. The van der Waals surface area contributed by atoms with Gasteiger partial charge in [0, 0.05) is 22.9 Å². The SMILES string of the molecule is C1=CCC2C(=C1)Oc1c(N(c3ccc(-c4ccccc4)cc3)c3ccc(-c4ccc5c(ccc6ccc7ccccc7c65)c4)cc3)cc3ccccc3c12. The van der Waals surface area contributed by atoms with Gasteiger partial charge in [0.15, 0.2) is 5.75 Å². The van der Waals surface area contributed by atoms with E-state index in [1.54, 1.807) is 0 Å². The third kappa shape index (κ3) is 4.95. The molecule has 0 spiro atoms. The Morgan fingerprint density at radius 3 is 1.81 bits per heavy atom. The zero-order chi connectivity index (χ0) is 35.6. The molecule has 254 valence electrons. The van der Waals surface area contributed by atoms with E-state index in [0.29, 0.717) is 0 Å². The first-order valence-electron chi connectivity index (χ1n) is 18.8. The summed E-state index contributed by atoms with van der Waals surface area (Å²) in [6, 6.07) is 64.1. The second-order valence-electron chi connectivity index (χ2n) is 14.4. The maximum absolute atomic E-state index is 6.83. The maximum atomic E-state index is 6.83. The normalized spacial score (nSPS) is 14.6. The Kier molecular flexibility index (Phi) is 7.03. The van der Waals surface area contributed by atoms with Gasteiger partial charge in [-0.15, -0.1) is 0 Å². The van der Waals surface area contributed by atoms with E-state index in [9.17, 15) is 0 Å². The molecule has 2 heteroatoms. The number of hydrogen-bond acceptors (Lipinski definition) is 2. The molecule has 0 saturated heterocycles. The van der Waals surface area contributed by atoms with Crippen LogP contribution in [0.2, 0.25) is 0 Å². The van der Waals surface area contributed by atoms with Crippen LogP contribution in [0.5, 0.6) is 5.75 Å². The molecule has 1 heterocycles. The van der Waals surface area contributed by atoms with Crippen molar-refractivity contribution in [3.8, 4) is 28.0 Å². The molecule has 9 aromatic carbocycles. The number of allylic oxidation sites excluding steroid dienone is 4. The standard InChI is InChI=1S/C52H35NO/c1-2-10-34(11-3-1)35-22-27-42(28-23-35)53(48-33-40-13-5-7-15-45(40)51-47-16-8-9-17-49(47)54-52(48)51)43-29-24-36(25-30-43)39-26-31-46-41(32-39)21-20-38-19-18-37-12-4-6-14-44(37)50(38)46/h1-15,17-33,47H,16H2. The van der Waals surface area contributed by atoms with E-state index in [-0.39, 0.29) is 5.92 Å².